The normalized spacial score (nSPS) is 13.8. The number of hydrogen-bond acceptors (Lipinski definition) is 5. The van der Waals surface area contributed by atoms with Crippen LogP contribution in [0, 0.1) is 0 Å². The molecule has 3 aromatic carbocycles. The van der Waals surface area contributed by atoms with Crippen LogP contribution < -0.4 is 14.2 Å². The Morgan fingerprint density at radius 2 is 1.79 bits per heavy atom. The summed E-state index contributed by atoms with van der Waals surface area (Å²) in [4.78, 5) is 15.4. The number of carbonyl (C=O) groups excluding carboxylic acids is 1. The summed E-state index contributed by atoms with van der Waals surface area (Å²) in [5.41, 5.74) is 4.77. The first-order chi connectivity index (χ1) is 19.2. The summed E-state index contributed by atoms with van der Waals surface area (Å²) in [6.07, 6.45) is 9.79. The first kappa shape index (κ1) is 26.6. The number of pyridine rings is 1. The SMILES string of the molecule is CCOC(=O)CCCN1/C(=C/C=C/c2cc[n+](Cc3ccc(OC)cc3)c3ccccc23)Sc2ccccc21. The third-order valence-corrected chi connectivity index (χ3v) is 7.82. The second-order valence-corrected chi connectivity index (χ2v) is 10.3. The molecule has 4 aromatic rings. The molecule has 0 saturated carbocycles. The topological polar surface area (TPSA) is 42.7 Å². The van der Waals surface area contributed by atoms with Crippen molar-refractivity contribution in [3.8, 4) is 5.75 Å². The van der Waals surface area contributed by atoms with Crippen molar-refractivity contribution < 1.29 is 18.8 Å². The number of nitrogens with zero attached hydrogens (tertiary/aromatic N) is 2. The minimum absolute atomic E-state index is 0.136. The van der Waals surface area contributed by atoms with Gasteiger partial charge in [0.1, 0.15) is 5.75 Å². The predicted molar refractivity (Wildman–Crippen MR) is 159 cm³/mol. The van der Waals surface area contributed by atoms with Crippen molar-refractivity contribution in [1.29, 1.82) is 0 Å². The number of thioether (sulfide) groups is 1. The van der Waals surface area contributed by atoms with E-state index >= 15 is 0 Å². The standard InChI is InChI=1S/C33H33N2O3S/c1-3-38-33(36)16-9-22-35-30-13-6-7-14-31(30)39-32(35)15-8-10-26-21-23-34(29-12-5-4-11-28(26)29)24-25-17-19-27(37-2)20-18-25/h4-8,10-15,17-21,23H,3,9,16,22,24H2,1-2H3/q+1. The van der Waals surface area contributed by atoms with E-state index in [1.807, 2.05) is 19.1 Å². The van der Waals surface area contributed by atoms with Gasteiger partial charge >= 0.3 is 5.97 Å². The van der Waals surface area contributed by atoms with E-state index in [1.54, 1.807) is 18.9 Å². The molecule has 0 bridgehead atoms. The maximum atomic E-state index is 11.9. The second kappa shape index (κ2) is 12.7. The van der Waals surface area contributed by atoms with E-state index < -0.39 is 0 Å². The molecule has 0 N–H and O–H groups in total. The molecule has 5 nitrogen and oxygen atoms in total. The van der Waals surface area contributed by atoms with Gasteiger partial charge in [0.05, 0.1) is 29.8 Å². The number of ether oxygens (including phenoxy) is 2. The first-order valence-corrected chi connectivity index (χ1v) is 14.1. The van der Waals surface area contributed by atoms with Crippen LogP contribution in [0.15, 0.2) is 107 Å². The lowest BCUT2D eigenvalue weighted by atomic mass is 10.1. The van der Waals surface area contributed by atoms with Crippen LogP contribution in [0.25, 0.3) is 17.0 Å². The van der Waals surface area contributed by atoms with Crippen molar-refractivity contribution in [2.75, 3.05) is 25.2 Å². The van der Waals surface area contributed by atoms with Crippen LogP contribution in [0.4, 0.5) is 5.69 Å². The van der Waals surface area contributed by atoms with Gasteiger partial charge in [0.25, 0.3) is 0 Å². The van der Waals surface area contributed by atoms with Crippen LogP contribution in [-0.2, 0) is 16.1 Å². The Hall–Kier alpha value is -4.03. The average molecular weight is 538 g/mol. The lowest BCUT2D eigenvalue weighted by Crippen LogP contribution is -2.34. The van der Waals surface area contributed by atoms with Crippen LogP contribution in [0.5, 0.6) is 5.75 Å². The zero-order valence-electron chi connectivity index (χ0n) is 22.4. The smallest absolute Gasteiger partial charge is 0.305 e. The Morgan fingerprint density at radius 3 is 2.62 bits per heavy atom. The Labute approximate surface area is 234 Å². The van der Waals surface area contributed by atoms with Gasteiger partial charge in [-0.25, -0.2) is 0 Å². The van der Waals surface area contributed by atoms with Gasteiger partial charge < -0.3 is 14.4 Å². The molecule has 0 spiro atoms. The van der Waals surface area contributed by atoms with Crippen LogP contribution in [0.3, 0.4) is 0 Å². The average Bonchev–Trinajstić information content (AvgIpc) is 3.32. The third-order valence-electron chi connectivity index (χ3n) is 6.69. The fourth-order valence-electron chi connectivity index (χ4n) is 4.78. The molecular formula is C33H33N2O3S+. The number of hydrogen-bond donors (Lipinski definition) is 0. The molecule has 0 fully saturated rings. The summed E-state index contributed by atoms with van der Waals surface area (Å²) in [5, 5.41) is 2.36. The van der Waals surface area contributed by atoms with E-state index in [4.69, 9.17) is 9.47 Å². The van der Waals surface area contributed by atoms with E-state index in [1.165, 1.54) is 32.6 Å². The highest BCUT2D eigenvalue weighted by atomic mass is 32.2. The number of rotatable bonds is 10. The number of para-hydroxylation sites is 2. The first-order valence-electron chi connectivity index (χ1n) is 13.3. The molecule has 0 unspecified atom stereocenters. The molecule has 0 amide bonds. The third kappa shape index (κ3) is 6.35. The molecule has 0 saturated heterocycles. The predicted octanol–water partition coefficient (Wildman–Crippen LogP) is 6.99. The van der Waals surface area contributed by atoms with Crippen molar-refractivity contribution in [1.82, 2.24) is 0 Å². The summed E-state index contributed by atoms with van der Waals surface area (Å²) in [6.45, 7) is 3.82. The Bertz CT molecular complexity index is 1510. The molecule has 0 radical (unpaired) electrons. The Balaban J connectivity index is 1.36. The number of anilines is 1. The largest absolute Gasteiger partial charge is 0.497 e. The fourth-order valence-corrected chi connectivity index (χ4v) is 5.88. The maximum Gasteiger partial charge on any atom is 0.305 e. The molecule has 1 aliphatic heterocycles. The van der Waals surface area contributed by atoms with Crippen LogP contribution >= 0.6 is 11.8 Å². The summed E-state index contributed by atoms with van der Waals surface area (Å²) < 4.78 is 12.7. The minimum Gasteiger partial charge on any atom is -0.497 e. The maximum absolute atomic E-state index is 11.9. The monoisotopic (exact) mass is 537 g/mol. The van der Waals surface area contributed by atoms with Gasteiger partial charge in [0, 0.05) is 35.6 Å². The Morgan fingerprint density at radius 1 is 1.00 bits per heavy atom. The van der Waals surface area contributed by atoms with Crippen LogP contribution in [-0.4, -0.2) is 26.2 Å². The number of aromatic nitrogens is 1. The zero-order chi connectivity index (χ0) is 27.0. The lowest BCUT2D eigenvalue weighted by Gasteiger charge is -2.20. The van der Waals surface area contributed by atoms with Gasteiger partial charge in [-0.15, -0.1) is 0 Å². The number of benzene rings is 3. The molecule has 2 heterocycles. The number of allylic oxidation sites excluding steroid dienone is 2. The van der Waals surface area contributed by atoms with Gasteiger partial charge in [-0.05, 0) is 67.4 Å². The van der Waals surface area contributed by atoms with Crippen molar-refractivity contribution in [2.24, 2.45) is 0 Å². The van der Waals surface area contributed by atoms with Crippen LogP contribution in [0.2, 0.25) is 0 Å². The van der Waals surface area contributed by atoms with Gasteiger partial charge in [-0.3, -0.25) is 4.79 Å². The van der Waals surface area contributed by atoms with E-state index in [9.17, 15) is 4.79 Å². The number of fused-ring (bicyclic) bond motifs is 2. The van der Waals surface area contributed by atoms with Crippen molar-refractivity contribution in [3.05, 3.63) is 113 Å². The number of esters is 1. The molecule has 0 atom stereocenters. The molecule has 1 aromatic heterocycles. The highest BCUT2D eigenvalue weighted by Gasteiger charge is 2.24. The molecule has 6 heteroatoms. The molecular weight excluding hydrogens is 504 g/mol. The summed E-state index contributed by atoms with van der Waals surface area (Å²) >= 11 is 1.76. The van der Waals surface area contributed by atoms with Gasteiger partial charge in [-0.2, -0.15) is 4.57 Å². The van der Waals surface area contributed by atoms with Gasteiger partial charge in [0.2, 0.25) is 5.52 Å². The number of methoxy groups -OCH3 is 1. The minimum atomic E-state index is -0.136. The lowest BCUT2D eigenvalue weighted by molar-refractivity contribution is -0.662. The Kier molecular flexibility index (Phi) is 8.64. The quantitative estimate of drug-likeness (QED) is 0.161. The van der Waals surface area contributed by atoms with Gasteiger partial charge in [-0.1, -0.05) is 48.2 Å². The fraction of sp³-hybridized carbons (Fsp3) is 0.212. The molecule has 1 aliphatic rings. The van der Waals surface area contributed by atoms with E-state index in [0.717, 1.165) is 30.3 Å². The molecule has 5 rings (SSSR count). The highest BCUT2D eigenvalue weighted by Crippen LogP contribution is 2.45. The van der Waals surface area contributed by atoms with E-state index in [-0.39, 0.29) is 5.97 Å². The molecule has 198 valence electrons. The summed E-state index contributed by atoms with van der Waals surface area (Å²) in [7, 11) is 1.69. The van der Waals surface area contributed by atoms with Gasteiger partial charge in [0.15, 0.2) is 12.7 Å². The zero-order valence-corrected chi connectivity index (χ0v) is 23.2. The summed E-state index contributed by atoms with van der Waals surface area (Å²) in [6, 6.07) is 27.3. The number of carbonyl (C=O) groups is 1. The van der Waals surface area contributed by atoms with Crippen LogP contribution in [0.1, 0.15) is 30.9 Å². The molecule has 39 heavy (non-hydrogen) atoms. The second-order valence-electron chi connectivity index (χ2n) is 9.26. The highest BCUT2D eigenvalue weighted by molar-refractivity contribution is 8.03. The van der Waals surface area contributed by atoms with Crippen molar-refractivity contribution in [3.63, 3.8) is 0 Å². The van der Waals surface area contributed by atoms with E-state index in [2.05, 4.69) is 101 Å². The van der Waals surface area contributed by atoms with Crippen molar-refractivity contribution >= 4 is 40.4 Å². The summed E-state index contributed by atoms with van der Waals surface area (Å²) in [5.74, 6) is 0.729. The van der Waals surface area contributed by atoms with E-state index in [0.29, 0.717) is 13.0 Å². The van der Waals surface area contributed by atoms with Crippen molar-refractivity contribution in [2.45, 2.75) is 31.2 Å². The molecule has 0 aliphatic carbocycles.